The normalized spacial score (nSPS) is 17.2. The molecule has 1 unspecified atom stereocenters. The van der Waals surface area contributed by atoms with Gasteiger partial charge in [0.25, 0.3) is 5.91 Å². The monoisotopic (exact) mass is 350 g/mol. The van der Waals surface area contributed by atoms with Gasteiger partial charge < -0.3 is 14.4 Å². The van der Waals surface area contributed by atoms with Crippen LogP contribution in [0.2, 0.25) is 0 Å². The predicted octanol–water partition coefficient (Wildman–Crippen LogP) is 1.58. The van der Waals surface area contributed by atoms with Gasteiger partial charge in [0.2, 0.25) is 0 Å². The van der Waals surface area contributed by atoms with Crippen molar-refractivity contribution in [1.29, 1.82) is 0 Å². The number of hydrogen-bond acceptors (Lipinski definition) is 7. The molecule has 1 saturated heterocycles. The predicted molar refractivity (Wildman–Crippen MR) is 89.9 cm³/mol. The molecular formula is C16H22N4O3S. The van der Waals surface area contributed by atoms with Gasteiger partial charge in [0, 0.05) is 32.7 Å². The molecule has 0 spiro atoms. The molecule has 1 amide bonds. The van der Waals surface area contributed by atoms with E-state index in [-0.39, 0.29) is 5.91 Å². The van der Waals surface area contributed by atoms with E-state index in [0.29, 0.717) is 30.3 Å². The molecule has 130 valence electrons. The average molecular weight is 350 g/mol. The second kappa shape index (κ2) is 7.87. The summed E-state index contributed by atoms with van der Waals surface area (Å²) in [7, 11) is 0. The Morgan fingerprint density at radius 2 is 2.21 bits per heavy atom. The number of carbonyl (C=O) groups is 1. The standard InChI is InChI=1S/C16H22N4O3S/c1-2-4-12-15(24-18-17-12)16(22)20-8-6-19(7-9-20)11-13(21)14-5-3-10-23-14/h3,5,10,13,21H,2,4,6-9,11H2,1H3. The number of aryl methyl sites for hydroxylation is 1. The Kier molecular flexibility index (Phi) is 5.60. The van der Waals surface area contributed by atoms with Gasteiger partial charge in [-0.05, 0) is 30.1 Å². The van der Waals surface area contributed by atoms with Crippen LogP contribution in [0.15, 0.2) is 22.8 Å². The van der Waals surface area contributed by atoms with Crippen LogP contribution in [0, 0.1) is 0 Å². The number of amides is 1. The Morgan fingerprint density at radius 3 is 2.88 bits per heavy atom. The minimum atomic E-state index is -0.635. The smallest absolute Gasteiger partial charge is 0.267 e. The highest BCUT2D eigenvalue weighted by Gasteiger charge is 2.27. The molecule has 7 nitrogen and oxygen atoms in total. The van der Waals surface area contributed by atoms with Crippen molar-refractivity contribution < 1.29 is 14.3 Å². The molecule has 0 aliphatic carbocycles. The van der Waals surface area contributed by atoms with Gasteiger partial charge in [-0.3, -0.25) is 9.69 Å². The number of β-amino-alcohol motifs (C(OH)–C–C–N with tert-alkyl or cyclic N) is 1. The Labute approximate surface area is 145 Å². The largest absolute Gasteiger partial charge is 0.467 e. The molecular weight excluding hydrogens is 328 g/mol. The van der Waals surface area contributed by atoms with Crippen LogP contribution in [0.1, 0.15) is 40.6 Å². The van der Waals surface area contributed by atoms with Crippen LogP contribution < -0.4 is 0 Å². The highest BCUT2D eigenvalue weighted by molar-refractivity contribution is 7.08. The summed E-state index contributed by atoms with van der Waals surface area (Å²) in [5.74, 6) is 0.605. The Hall–Kier alpha value is -1.77. The molecule has 2 aromatic rings. The summed E-state index contributed by atoms with van der Waals surface area (Å²) in [6.45, 7) is 5.34. The number of rotatable bonds is 6. The molecule has 1 aliphatic heterocycles. The SMILES string of the molecule is CCCc1nnsc1C(=O)N1CCN(CC(O)c2ccco2)CC1. The number of aliphatic hydroxyl groups excluding tert-OH is 1. The van der Waals surface area contributed by atoms with E-state index in [4.69, 9.17) is 4.42 Å². The first-order valence-corrected chi connectivity index (χ1v) is 9.00. The van der Waals surface area contributed by atoms with E-state index in [1.165, 1.54) is 11.5 Å². The van der Waals surface area contributed by atoms with Crippen molar-refractivity contribution in [1.82, 2.24) is 19.4 Å². The zero-order valence-electron chi connectivity index (χ0n) is 13.7. The van der Waals surface area contributed by atoms with Crippen LogP contribution in [0.3, 0.4) is 0 Å². The first-order valence-electron chi connectivity index (χ1n) is 8.23. The maximum absolute atomic E-state index is 12.6. The Morgan fingerprint density at radius 1 is 1.42 bits per heavy atom. The second-order valence-corrected chi connectivity index (χ2v) is 6.68. The highest BCUT2D eigenvalue weighted by atomic mass is 32.1. The third-order valence-electron chi connectivity index (χ3n) is 4.20. The van der Waals surface area contributed by atoms with E-state index in [1.807, 2.05) is 4.90 Å². The molecule has 1 atom stereocenters. The van der Waals surface area contributed by atoms with Gasteiger partial charge in [-0.15, -0.1) is 5.10 Å². The summed E-state index contributed by atoms with van der Waals surface area (Å²) >= 11 is 1.18. The van der Waals surface area contributed by atoms with Crippen LogP contribution in [-0.2, 0) is 6.42 Å². The van der Waals surface area contributed by atoms with Crippen LogP contribution in [0.25, 0.3) is 0 Å². The van der Waals surface area contributed by atoms with Gasteiger partial charge in [0.15, 0.2) is 0 Å². The van der Waals surface area contributed by atoms with Crippen molar-refractivity contribution in [2.45, 2.75) is 25.9 Å². The van der Waals surface area contributed by atoms with Crippen LogP contribution >= 0.6 is 11.5 Å². The third-order valence-corrected chi connectivity index (χ3v) is 4.96. The molecule has 2 aromatic heterocycles. The molecule has 0 bridgehead atoms. The minimum absolute atomic E-state index is 0.0275. The molecule has 1 N–H and O–H groups in total. The summed E-state index contributed by atoms with van der Waals surface area (Å²) in [5, 5.41) is 14.2. The summed E-state index contributed by atoms with van der Waals surface area (Å²) in [6, 6.07) is 3.54. The van der Waals surface area contributed by atoms with Crippen molar-refractivity contribution in [2.24, 2.45) is 0 Å². The Balaban J connectivity index is 1.53. The van der Waals surface area contributed by atoms with Crippen molar-refractivity contribution in [3.63, 3.8) is 0 Å². The molecule has 24 heavy (non-hydrogen) atoms. The van der Waals surface area contributed by atoms with E-state index in [2.05, 4.69) is 21.4 Å². The lowest BCUT2D eigenvalue weighted by Crippen LogP contribution is -2.49. The lowest BCUT2D eigenvalue weighted by atomic mass is 10.2. The number of aromatic nitrogens is 2. The third kappa shape index (κ3) is 3.82. The minimum Gasteiger partial charge on any atom is -0.467 e. The summed E-state index contributed by atoms with van der Waals surface area (Å²) in [6.07, 6.45) is 2.66. The first-order chi connectivity index (χ1) is 11.7. The van der Waals surface area contributed by atoms with Crippen molar-refractivity contribution in [3.05, 3.63) is 34.7 Å². The molecule has 1 fully saturated rings. The van der Waals surface area contributed by atoms with Crippen LogP contribution in [0.4, 0.5) is 0 Å². The summed E-state index contributed by atoms with van der Waals surface area (Å²) in [5.41, 5.74) is 0.808. The van der Waals surface area contributed by atoms with Gasteiger partial charge in [-0.1, -0.05) is 17.8 Å². The van der Waals surface area contributed by atoms with Crippen molar-refractivity contribution in [3.8, 4) is 0 Å². The fraction of sp³-hybridized carbons (Fsp3) is 0.562. The van der Waals surface area contributed by atoms with E-state index in [9.17, 15) is 9.90 Å². The number of aliphatic hydroxyl groups is 1. The van der Waals surface area contributed by atoms with E-state index in [1.54, 1.807) is 18.4 Å². The molecule has 8 heteroatoms. The number of hydrogen-bond donors (Lipinski definition) is 1. The first kappa shape index (κ1) is 17.1. The molecule has 3 rings (SSSR count). The topological polar surface area (TPSA) is 82.7 Å². The molecule has 0 aromatic carbocycles. The summed E-state index contributed by atoms with van der Waals surface area (Å²) < 4.78 is 9.16. The number of nitrogens with zero attached hydrogens (tertiary/aromatic N) is 4. The van der Waals surface area contributed by atoms with Crippen molar-refractivity contribution in [2.75, 3.05) is 32.7 Å². The highest BCUT2D eigenvalue weighted by Crippen LogP contribution is 2.19. The van der Waals surface area contributed by atoms with Gasteiger partial charge in [0.1, 0.15) is 16.7 Å². The van der Waals surface area contributed by atoms with Gasteiger partial charge in [-0.25, -0.2) is 0 Å². The summed E-state index contributed by atoms with van der Waals surface area (Å²) in [4.78, 5) is 17.3. The molecule has 0 saturated carbocycles. The zero-order valence-corrected chi connectivity index (χ0v) is 14.5. The van der Waals surface area contributed by atoms with Crippen LogP contribution in [-0.4, -0.2) is 63.1 Å². The van der Waals surface area contributed by atoms with Crippen molar-refractivity contribution >= 4 is 17.4 Å². The number of piperazine rings is 1. The Bertz CT molecular complexity index is 650. The maximum atomic E-state index is 12.6. The average Bonchev–Trinajstić information content (AvgIpc) is 3.27. The van der Waals surface area contributed by atoms with E-state index in [0.717, 1.165) is 31.6 Å². The van der Waals surface area contributed by atoms with Gasteiger partial charge in [0.05, 0.1) is 12.0 Å². The maximum Gasteiger partial charge on any atom is 0.267 e. The molecule has 0 radical (unpaired) electrons. The number of carbonyl (C=O) groups excluding carboxylic acids is 1. The van der Waals surface area contributed by atoms with E-state index >= 15 is 0 Å². The fourth-order valence-electron chi connectivity index (χ4n) is 2.86. The molecule has 1 aliphatic rings. The van der Waals surface area contributed by atoms with Crippen LogP contribution in [0.5, 0.6) is 0 Å². The second-order valence-electron chi connectivity index (χ2n) is 5.92. The van der Waals surface area contributed by atoms with Gasteiger partial charge in [-0.2, -0.15) is 0 Å². The van der Waals surface area contributed by atoms with E-state index < -0.39 is 6.10 Å². The fourth-order valence-corrected chi connectivity index (χ4v) is 3.54. The van der Waals surface area contributed by atoms with Gasteiger partial charge >= 0.3 is 0 Å². The lowest BCUT2D eigenvalue weighted by molar-refractivity contribution is 0.0488. The molecule has 3 heterocycles. The zero-order chi connectivity index (χ0) is 16.9. The lowest BCUT2D eigenvalue weighted by Gasteiger charge is -2.35. The number of furan rings is 1. The quantitative estimate of drug-likeness (QED) is 0.852.